The highest BCUT2D eigenvalue weighted by atomic mass is 35.5. The lowest BCUT2D eigenvalue weighted by Gasteiger charge is -2.26. The van der Waals surface area contributed by atoms with Crippen LogP contribution in [-0.2, 0) is 10.1 Å². The summed E-state index contributed by atoms with van der Waals surface area (Å²) in [4.78, 5) is 8.19. The second kappa shape index (κ2) is 8.54. The van der Waals surface area contributed by atoms with Crippen molar-refractivity contribution in [2.75, 3.05) is 24.1 Å². The van der Waals surface area contributed by atoms with Crippen LogP contribution >= 0.6 is 23.2 Å². The number of aromatic nitrogens is 1. The molecule has 0 fully saturated rings. The van der Waals surface area contributed by atoms with E-state index in [9.17, 15) is 13.0 Å². The molecule has 1 aliphatic carbocycles. The van der Waals surface area contributed by atoms with E-state index in [1.165, 1.54) is 12.1 Å². The van der Waals surface area contributed by atoms with E-state index in [-0.39, 0.29) is 50.3 Å². The number of fused-ring (bicyclic) bond motifs is 4. The highest BCUT2D eigenvalue weighted by molar-refractivity contribution is 7.86. The van der Waals surface area contributed by atoms with Gasteiger partial charge < -0.3 is 25.9 Å². The Kier molecular flexibility index (Phi) is 5.77. The van der Waals surface area contributed by atoms with Gasteiger partial charge in [-0.1, -0.05) is 23.2 Å². The van der Waals surface area contributed by atoms with Gasteiger partial charge in [0.05, 0.1) is 11.0 Å². The highest BCUT2D eigenvalue weighted by Gasteiger charge is 2.31. The molecular formula is C22H19Cl2N5O5S. The van der Waals surface area contributed by atoms with Crippen molar-refractivity contribution in [3.63, 3.8) is 0 Å². The van der Waals surface area contributed by atoms with Crippen molar-refractivity contribution < 1.29 is 22.1 Å². The maximum atomic E-state index is 12.3. The summed E-state index contributed by atoms with van der Waals surface area (Å²) in [5.74, 6) is 0.494. The maximum absolute atomic E-state index is 12.3. The van der Waals surface area contributed by atoms with Crippen LogP contribution in [0.5, 0.6) is 11.5 Å². The van der Waals surface area contributed by atoms with Crippen LogP contribution in [0.15, 0.2) is 38.6 Å². The van der Waals surface area contributed by atoms with E-state index in [4.69, 9.17) is 43.8 Å². The molecule has 0 aromatic heterocycles. The van der Waals surface area contributed by atoms with Gasteiger partial charge in [-0.15, -0.1) is 0 Å². The molecule has 10 nitrogen and oxygen atoms in total. The summed E-state index contributed by atoms with van der Waals surface area (Å²) < 4.78 is 46.6. The van der Waals surface area contributed by atoms with Crippen LogP contribution in [0, 0.1) is 6.92 Å². The molecule has 0 spiro atoms. The predicted molar refractivity (Wildman–Crippen MR) is 134 cm³/mol. The fourth-order valence-corrected chi connectivity index (χ4v) is 5.12. The molecule has 0 bridgehead atoms. The molecule has 2 aliphatic heterocycles. The monoisotopic (exact) mass is 535 g/mol. The minimum atomic E-state index is -4.74. The molecule has 13 heteroatoms. The number of nitrogens with zero attached hydrogens (tertiary/aromatic N) is 2. The van der Waals surface area contributed by atoms with Gasteiger partial charge in [-0.2, -0.15) is 8.42 Å². The summed E-state index contributed by atoms with van der Waals surface area (Å²) in [6, 6.07) is 6.39. The normalized spacial score (nSPS) is 13.5. The van der Waals surface area contributed by atoms with Crippen LogP contribution in [-0.4, -0.2) is 31.0 Å². The van der Waals surface area contributed by atoms with E-state index in [1.54, 1.807) is 12.1 Å². The third-order valence-corrected chi connectivity index (χ3v) is 7.21. The first-order valence-electron chi connectivity index (χ1n) is 10.4. The Balaban J connectivity index is 1.81. The number of benzene rings is 3. The SMILES string of the molecule is Cc1c(N)ccc2c1Oc1c(c(Cl)c3oc4c(S(=O)(=O)O)c(=NCCCN)ccc-4nc3c1Cl)N2. The smallest absolute Gasteiger partial charge is 0.300 e. The number of hydrogen-bond acceptors (Lipinski definition) is 9. The van der Waals surface area contributed by atoms with Crippen LogP contribution in [0.2, 0.25) is 10.0 Å². The zero-order valence-electron chi connectivity index (χ0n) is 18.2. The third-order valence-electron chi connectivity index (χ3n) is 5.59. The van der Waals surface area contributed by atoms with Crippen LogP contribution in [0.25, 0.3) is 22.6 Å². The van der Waals surface area contributed by atoms with Crippen molar-refractivity contribution in [3.8, 4) is 23.0 Å². The summed E-state index contributed by atoms with van der Waals surface area (Å²) in [5, 5.41) is 3.33. The van der Waals surface area contributed by atoms with Gasteiger partial charge in [0.1, 0.15) is 26.9 Å². The highest BCUT2D eigenvalue weighted by Crippen LogP contribution is 2.54. The molecule has 2 aromatic rings. The molecule has 0 unspecified atom stereocenters. The van der Waals surface area contributed by atoms with Crippen molar-refractivity contribution >= 4 is 61.5 Å². The van der Waals surface area contributed by atoms with Crippen molar-refractivity contribution in [1.82, 2.24) is 4.98 Å². The van der Waals surface area contributed by atoms with E-state index in [2.05, 4.69) is 15.3 Å². The van der Waals surface area contributed by atoms with Gasteiger partial charge in [-0.25, -0.2) is 4.98 Å². The molecule has 182 valence electrons. The molecule has 0 saturated heterocycles. The average Bonchev–Trinajstić information content (AvgIpc) is 2.82. The Morgan fingerprint density at radius 1 is 1.17 bits per heavy atom. The number of nitrogens with two attached hydrogens (primary N) is 2. The molecule has 0 amide bonds. The van der Waals surface area contributed by atoms with Crippen molar-refractivity contribution in [3.05, 3.63) is 45.2 Å². The fourth-order valence-electron chi connectivity index (χ4n) is 3.82. The van der Waals surface area contributed by atoms with E-state index < -0.39 is 15.0 Å². The summed E-state index contributed by atoms with van der Waals surface area (Å²) in [6.45, 7) is 2.44. The molecule has 0 atom stereocenters. The molecule has 6 N–H and O–H groups in total. The van der Waals surface area contributed by atoms with Crippen molar-refractivity contribution in [1.29, 1.82) is 0 Å². The topological polar surface area (TPSA) is 166 Å². The van der Waals surface area contributed by atoms with Gasteiger partial charge in [-0.05, 0) is 44.2 Å². The third kappa shape index (κ3) is 3.85. The van der Waals surface area contributed by atoms with Crippen LogP contribution < -0.4 is 26.9 Å². The first-order valence-corrected chi connectivity index (χ1v) is 12.6. The van der Waals surface area contributed by atoms with Gasteiger partial charge in [0.25, 0.3) is 0 Å². The molecule has 2 heterocycles. The lowest BCUT2D eigenvalue weighted by Crippen LogP contribution is -2.18. The molecule has 0 saturated carbocycles. The molecule has 3 aliphatic rings. The van der Waals surface area contributed by atoms with Crippen molar-refractivity contribution in [2.45, 2.75) is 18.2 Å². The largest absolute Gasteiger partial charge is 0.451 e. The van der Waals surface area contributed by atoms with Crippen LogP contribution in [0.4, 0.5) is 17.1 Å². The maximum Gasteiger partial charge on any atom is 0.300 e. The standard InChI is InChI=1S/C22H19Cl2N5O5S/c1-9-10(26)3-4-11-18(9)33-20-14(23)17-21(15(24)16(20)28-11)34-19-12(29-17)5-6-13(27-8-2-7-25)22(19)35(30,31)32/h3-6,28H,2,7-8,25-26H2,1H3,(H,30,31,32). The number of nitrogens with one attached hydrogen (secondary N) is 1. The Bertz CT molecular complexity index is 1670. The molecule has 2 aromatic carbocycles. The van der Waals surface area contributed by atoms with Crippen LogP contribution in [0.3, 0.4) is 0 Å². The summed E-state index contributed by atoms with van der Waals surface area (Å²) >= 11 is 13.3. The average molecular weight is 536 g/mol. The van der Waals surface area contributed by atoms with Crippen LogP contribution in [0.1, 0.15) is 12.0 Å². The number of hydrogen-bond donors (Lipinski definition) is 4. The van der Waals surface area contributed by atoms with E-state index in [0.29, 0.717) is 41.3 Å². The van der Waals surface area contributed by atoms with E-state index in [0.717, 1.165) is 0 Å². The number of halogens is 2. The lowest BCUT2D eigenvalue weighted by molar-refractivity contribution is 0.475. The Morgan fingerprint density at radius 3 is 2.66 bits per heavy atom. The molecule has 35 heavy (non-hydrogen) atoms. The van der Waals surface area contributed by atoms with Gasteiger partial charge >= 0.3 is 10.1 Å². The summed E-state index contributed by atoms with van der Waals surface area (Å²) in [7, 11) is -4.74. The Hall–Kier alpha value is -3.09. The summed E-state index contributed by atoms with van der Waals surface area (Å²) in [5.41, 5.74) is 13.9. The minimum Gasteiger partial charge on any atom is -0.451 e. The molecule has 0 radical (unpaired) electrons. The number of anilines is 3. The quantitative estimate of drug-likeness (QED) is 0.112. The zero-order chi connectivity index (χ0) is 25.1. The second-order valence-corrected chi connectivity index (χ2v) is 9.98. The number of nitrogen functional groups attached to an aromatic ring is 1. The predicted octanol–water partition coefficient (Wildman–Crippen LogP) is 4.48. The molecular weight excluding hydrogens is 517 g/mol. The van der Waals surface area contributed by atoms with Gasteiger partial charge in [-0.3, -0.25) is 9.55 Å². The first kappa shape index (κ1) is 23.6. The van der Waals surface area contributed by atoms with E-state index >= 15 is 0 Å². The lowest BCUT2D eigenvalue weighted by atomic mass is 10.1. The van der Waals surface area contributed by atoms with E-state index in [1.807, 2.05) is 6.92 Å². The number of ether oxygens (including phenoxy) is 1. The van der Waals surface area contributed by atoms with Gasteiger partial charge in [0, 0.05) is 17.8 Å². The first-order chi connectivity index (χ1) is 16.6. The Morgan fingerprint density at radius 2 is 1.94 bits per heavy atom. The minimum absolute atomic E-state index is 0.00126. The second-order valence-electron chi connectivity index (χ2n) is 7.87. The van der Waals surface area contributed by atoms with Gasteiger partial charge in [0.15, 0.2) is 27.7 Å². The zero-order valence-corrected chi connectivity index (χ0v) is 20.6. The van der Waals surface area contributed by atoms with Crippen molar-refractivity contribution in [2.24, 2.45) is 10.7 Å². The van der Waals surface area contributed by atoms with Gasteiger partial charge in [0.2, 0.25) is 0 Å². The summed E-state index contributed by atoms with van der Waals surface area (Å²) in [6.07, 6.45) is 0.530. The number of rotatable bonds is 4. The fraction of sp³-hybridized carbons (Fsp3) is 0.182. The molecule has 5 rings (SSSR count). The Labute approximate surface area is 209 Å².